The van der Waals surface area contributed by atoms with Crippen molar-refractivity contribution in [3.8, 4) is 0 Å². The Kier molecular flexibility index (Phi) is 6.07. The third-order valence-corrected chi connectivity index (χ3v) is 3.38. The second-order valence-corrected chi connectivity index (χ2v) is 6.55. The van der Waals surface area contributed by atoms with Gasteiger partial charge >= 0.3 is 12.3 Å². The zero-order valence-electron chi connectivity index (χ0n) is 13.3. The molecule has 5 nitrogen and oxygen atoms in total. The molecular weight excluding hydrogens is 315 g/mol. The van der Waals surface area contributed by atoms with Crippen LogP contribution in [-0.2, 0) is 14.3 Å². The van der Waals surface area contributed by atoms with Gasteiger partial charge in [0.2, 0.25) is 5.78 Å². The fourth-order valence-electron chi connectivity index (χ4n) is 2.33. The molecule has 8 heteroatoms. The fraction of sp³-hybridized carbons (Fsp3) is 0.733. The van der Waals surface area contributed by atoms with E-state index in [9.17, 15) is 27.6 Å². The number of nitrogens with zero attached hydrogens (tertiary/aromatic N) is 1. The molecule has 0 saturated heterocycles. The minimum atomic E-state index is -5.01. The normalized spacial score (nSPS) is 23.1. The predicted molar refractivity (Wildman–Crippen MR) is 76.2 cm³/mol. The van der Waals surface area contributed by atoms with E-state index >= 15 is 0 Å². The maximum absolute atomic E-state index is 12.5. The molecule has 130 valence electrons. The minimum Gasteiger partial charge on any atom is -0.442 e. The van der Waals surface area contributed by atoms with Crippen LogP contribution < -0.4 is 0 Å². The van der Waals surface area contributed by atoms with Gasteiger partial charge < -0.3 is 4.74 Å². The smallest absolute Gasteiger partial charge is 0.442 e. The van der Waals surface area contributed by atoms with Gasteiger partial charge in [0.25, 0.3) is 0 Å². The molecule has 0 spiro atoms. The van der Waals surface area contributed by atoms with Crippen LogP contribution in [0.1, 0.15) is 46.5 Å². The van der Waals surface area contributed by atoms with Crippen LogP contribution in [-0.4, -0.2) is 35.7 Å². The minimum absolute atomic E-state index is 0.0720. The molecule has 0 aliphatic heterocycles. The first kappa shape index (κ1) is 19.3. The number of ether oxygens (including phenoxy) is 1. The molecule has 0 bridgehead atoms. The van der Waals surface area contributed by atoms with Gasteiger partial charge in [-0.15, -0.1) is 0 Å². The quantitative estimate of drug-likeness (QED) is 0.584. The van der Waals surface area contributed by atoms with Crippen molar-refractivity contribution in [1.29, 1.82) is 0 Å². The summed E-state index contributed by atoms with van der Waals surface area (Å²) in [4.78, 5) is 37.7. The van der Waals surface area contributed by atoms with Gasteiger partial charge in [0, 0.05) is 12.6 Å². The number of Topliss-reactive ketones (excluding diaryl/α,β-unsaturated/α-hetero) is 2. The summed E-state index contributed by atoms with van der Waals surface area (Å²) >= 11 is 0. The lowest BCUT2D eigenvalue weighted by molar-refractivity contribution is -0.178. The summed E-state index contributed by atoms with van der Waals surface area (Å²) < 4.78 is 42.3. The van der Waals surface area contributed by atoms with Crippen molar-refractivity contribution in [2.75, 3.05) is 0 Å². The van der Waals surface area contributed by atoms with Gasteiger partial charge in [0.05, 0.1) is 5.92 Å². The highest BCUT2D eigenvalue weighted by molar-refractivity contribution is 6.05. The van der Waals surface area contributed by atoms with E-state index in [1.165, 1.54) is 6.21 Å². The molecule has 0 aromatic heterocycles. The Morgan fingerprint density at radius 3 is 2.43 bits per heavy atom. The highest BCUT2D eigenvalue weighted by atomic mass is 19.4. The van der Waals surface area contributed by atoms with Crippen LogP contribution in [0, 0.1) is 11.8 Å². The Hall–Kier alpha value is -1.73. The Balaban J connectivity index is 2.58. The first-order valence-electron chi connectivity index (χ1n) is 7.29. The van der Waals surface area contributed by atoms with Gasteiger partial charge in [0.15, 0.2) is 0 Å². The lowest BCUT2D eigenvalue weighted by Crippen LogP contribution is -2.39. The van der Waals surface area contributed by atoms with Crippen LogP contribution in [0.15, 0.2) is 4.99 Å². The van der Waals surface area contributed by atoms with E-state index in [2.05, 4.69) is 4.99 Å². The Morgan fingerprint density at radius 1 is 1.30 bits per heavy atom. The Labute approximate surface area is 132 Å². The lowest BCUT2D eigenvalue weighted by atomic mass is 9.77. The van der Waals surface area contributed by atoms with E-state index in [0.717, 1.165) is 0 Å². The molecule has 0 aromatic carbocycles. The molecule has 0 radical (unpaired) electrons. The van der Waals surface area contributed by atoms with E-state index < -0.39 is 35.4 Å². The second-order valence-electron chi connectivity index (χ2n) is 6.55. The molecule has 0 N–H and O–H groups in total. The SMILES string of the molecule is CC(C)(C)OC(=O)/N=C/CC1CCC(=O)C(C(=O)C(F)(F)F)C1. The van der Waals surface area contributed by atoms with Gasteiger partial charge in [-0.2, -0.15) is 18.2 Å². The van der Waals surface area contributed by atoms with Crippen LogP contribution in [0.3, 0.4) is 0 Å². The van der Waals surface area contributed by atoms with Crippen molar-refractivity contribution in [3.05, 3.63) is 0 Å². The van der Waals surface area contributed by atoms with Gasteiger partial charge in [-0.25, -0.2) is 4.79 Å². The molecule has 1 saturated carbocycles. The third kappa shape index (κ3) is 6.50. The summed E-state index contributed by atoms with van der Waals surface area (Å²) in [6, 6.07) is 0. The van der Waals surface area contributed by atoms with Crippen molar-refractivity contribution in [1.82, 2.24) is 0 Å². The number of rotatable bonds is 3. The monoisotopic (exact) mass is 335 g/mol. The summed E-state index contributed by atoms with van der Waals surface area (Å²) in [5, 5.41) is 0. The maximum Gasteiger partial charge on any atom is 0.450 e. The molecule has 1 amide bonds. The van der Waals surface area contributed by atoms with Crippen LogP contribution in [0.5, 0.6) is 0 Å². The topological polar surface area (TPSA) is 72.8 Å². The van der Waals surface area contributed by atoms with E-state index in [-0.39, 0.29) is 25.2 Å². The average Bonchev–Trinajstić information content (AvgIpc) is 2.36. The maximum atomic E-state index is 12.5. The van der Waals surface area contributed by atoms with Crippen molar-refractivity contribution in [2.24, 2.45) is 16.8 Å². The molecule has 2 atom stereocenters. The zero-order chi connectivity index (χ0) is 17.8. The Bertz CT molecular complexity index is 506. The standard InChI is InChI=1S/C15H20F3NO4/c1-14(2,3)23-13(22)19-7-6-9-4-5-11(20)10(8-9)12(21)15(16,17)18/h7,9-10H,4-6,8H2,1-3H3/b19-7+. The van der Waals surface area contributed by atoms with Gasteiger partial charge in [0.1, 0.15) is 11.4 Å². The lowest BCUT2D eigenvalue weighted by Gasteiger charge is -2.26. The summed E-state index contributed by atoms with van der Waals surface area (Å²) in [6.07, 6.45) is -4.17. The summed E-state index contributed by atoms with van der Waals surface area (Å²) in [5.41, 5.74) is -0.685. The van der Waals surface area contributed by atoms with Gasteiger partial charge in [-0.05, 0) is 46.0 Å². The van der Waals surface area contributed by atoms with Gasteiger partial charge in [-0.1, -0.05) is 0 Å². The summed E-state index contributed by atoms with van der Waals surface area (Å²) in [5.74, 6) is -4.59. The average molecular weight is 335 g/mol. The summed E-state index contributed by atoms with van der Waals surface area (Å²) in [6.45, 7) is 5.04. The van der Waals surface area contributed by atoms with Crippen LogP contribution in [0.25, 0.3) is 0 Å². The number of hydrogen-bond acceptors (Lipinski definition) is 4. The number of ketones is 2. The summed E-state index contributed by atoms with van der Waals surface area (Å²) in [7, 11) is 0. The number of amides is 1. The number of halogens is 3. The van der Waals surface area contributed by atoms with E-state index in [1.54, 1.807) is 20.8 Å². The van der Waals surface area contributed by atoms with Crippen molar-refractivity contribution < 1.29 is 32.3 Å². The number of carbonyl (C=O) groups is 3. The first-order chi connectivity index (χ1) is 10.4. The highest BCUT2D eigenvalue weighted by Gasteiger charge is 2.47. The molecule has 23 heavy (non-hydrogen) atoms. The third-order valence-electron chi connectivity index (χ3n) is 3.38. The first-order valence-corrected chi connectivity index (χ1v) is 7.29. The molecule has 1 aliphatic rings. The Morgan fingerprint density at radius 2 is 1.91 bits per heavy atom. The van der Waals surface area contributed by atoms with Crippen molar-refractivity contribution in [3.63, 3.8) is 0 Å². The number of carbonyl (C=O) groups excluding carboxylic acids is 3. The van der Waals surface area contributed by atoms with E-state index in [4.69, 9.17) is 4.74 Å². The van der Waals surface area contributed by atoms with E-state index in [1.807, 2.05) is 0 Å². The predicted octanol–water partition coefficient (Wildman–Crippen LogP) is 3.50. The molecular formula is C15H20F3NO4. The molecule has 0 heterocycles. The highest BCUT2D eigenvalue weighted by Crippen LogP contribution is 2.33. The molecule has 2 unspecified atom stereocenters. The number of aliphatic imine (C=N–C) groups is 1. The van der Waals surface area contributed by atoms with Gasteiger partial charge in [-0.3, -0.25) is 9.59 Å². The van der Waals surface area contributed by atoms with Crippen molar-refractivity contribution >= 4 is 23.9 Å². The zero-order valence-corrected chi connectivity index (χ0v) is 13.3. The molecule has 0 aromatic rings. The fourth-order valence-corrected chi connectivity index (χ4v) is 2.33. The van der Waals surface area contributed by atoms with Crippen molar-refractivity contribution in [2.45, 2.75) is 58.2 Å². The largest absolute Gasteiger partial charge is 0.450 e. The van der Waals surface area contributed by atoms with Crippen LogP contribution in [0.2, 0.25) is 0 Å². The molecule has 1 fully saturated rings. The molecule has 1 rings (SSSR count). The number of alkyl halides is 3. The van der Waals surface area contributed by atoms with Crippen LogP contribution >= 0.6 is 0 Å². The number of hydrogen-bond donors (Lipinski definition) is 0. The van der Waals surface area contributed by atoms with E-state index in [0.29, 0.717) is 6.42 Å². The molecule has 1 aliphatic carbocycles. The second kappa shape index (κ2) is 7.23. The van der Waals surface area contributed by atoms with Crippen LogP contribution in [0.4, 0.5) is 18.0 Å².